The van der Waals surface area contributed by atoms with Crippen molar-refractivity contribution in [3.05, 3.63) is 0 Å². The van der Waals surface area contributed by atoms with Crippen LogP contribution < -0.4 is 5.73 Å². The van der Waals surface area contributed by atoms with Crippen molar-refractivity contribution < 1.29 is 9.90 Å². The standard InChI is InChI=1S/C8H15NO2/c1-8(2)5(3-6(8)9)4-7(10)11/h5-6H,3-4,9H2,1-2H3,(H,10,11). The average Bonchev–Trinajstić information content (AvgIpc) is 1.87. The Bertz CT molecular complexity index is 177. The lowest BCUT2D eigenvalue weighted by Crippen LogP contribution is -2.54. The Balaban J connectivity index is 2.46. The molecule has 2 unspecified atom stereocenters. The number of hydrogen-bond donors (Lipinski definition) is 2. The van der Waals surface area contributed by atoms with Gasteiger partial charge in [0.2, 0.25) is 0 Å². The van der Waals surface area contributed by atoms with Crippen LogP contribution in [0.5, 0.6) is 0 Å². The fraction of sp³-hybridized carbons (Fsp3) is 0.875. The zero-order valence-electron chi connectivity index (χ0n) is 7.00. The number of aliphatic carboxylic acids is 1. The van der Waals surface area contributed by atoms with Crippen LogP contribution in [0.4, 0.5) is 0 Å². The number of rotatable bonds is 2. The zero-order chi connectivity index (χ0) is 8.65. The number of carboxylic acids is 1. The van der Waals surface area contributed by atoms with Gasteiger partial charge in [-0.2, -0.15) is 0 Å². The molecule has 2 atom stereocenters. The second kappa shape index (κ2) is 2.48. The molecule has 1 saturated carbocycles. The van der Waals surface area contributed by atoms with Crippen molar-refractivity contribution >= 4 is 5.97 Å². The Morgan fingerprint density at radius 2 is 2.27 bits per heavy atom. The summed E-state index contributed by atoms with van der Waals surface area (Å²) in [5.74, 6) is -0.440. The van der Waals surface area contributed by atoms with Crippen LogP contribution in [-0.2, 0) is 4.79 Å². The minimum atomic E-state index is -0.713. The summed E-state index contributed by atoms with van der Waals surface area (Å²) in [5, 5.41) is 8.53. The molecule has 0 saturated heterocycles. The zero-order valence-corrected chi connectivity index (χ0v) is 7.00. The van der Waals surface area contributed by atoms with Crippen LogP contribution in [0, 0.1) is 11.3 Å². The van der Waals surface area contributed by atoms with E-state index >= 15 is 0 Å². The molecule has 3 N–H and O–H groups in total. The maximum Gasteiger partial charge on any atom is 0.303 e. The molecule has 0 aromatic heterocycles. The molecule has 0 amide bonds. The molecule has 64 valence electrons. The molecule has 1 fully saturated rings. The minimum absolute atomic E-state index is 0.0262. The highest BCUT2D eigenvalue weighted by Gasteiger charge is 2.46. The van der Waals surface area contributed by atoms with E-state index in [0.29, 0.717) is 0 Å². The topological polar surface area (TPSA) is 63.3 Å². The SMILES string of the molecule is CC1(C)C(N)CC1CC(=O)O. The molecule has 3 nitrogen and oxygen atoms in total. The Hall–Kier alpha value is -0.570. The third-order valence-corrected chi connectivity index (χ3v) is 2.97. The summed E-state index contributed by atoms with van der Waals surface area (Å²) in [6.07, 6.45) is 1.12. The van der Waals surface area contributed by atoms with Gasteiger partial charge in [0.1, 0.15) is 0 Å². The van der Waals surface area contributed by atoms with Crippen molar-refractivity contribution in [2.75, 3.05) is 0 Å². The van der Waals surface area contributed by atoms with Gasteiger partial charge in [0, 0.05) is 12.5 Å². The van der Waals surface area contributed by atoms with Crippen molar-refractivity contribution in [3.63, 3.8) is 0 Å². The summed E-state index contributed by atoms with van der Waals surface area (Å²) in [6, 6.07) is 0.187. The Kier molecular flexibility index (Phi) is 1.92. The van der Waals surface area contributed by atoms with Crippen LogP contribution in [0.3, 0.4) is 0 Å². The van der Waals surface area contributed by atoms with Crippen LogP contribution in [0.2, 0.25) is 0 Å². The molecule has 0 aliphatic heterocycles. The van der Waals surface area contributed by atoms with Gasteiger partial charge in [-0.05, 0) is 17.8 Å². The van der Waals surface area contributed by atoms with E-state index in [9.17, 15) is 4.79 Å². The van der Waals surface area contributed by atoms with Gasteiger partial charge >= 0.3 is 5.97 Å². The molecule has 1 aliphatic rings. The highest BCUT2D eigenvalue weighted by atomic mass is 16.4. The summed E-state index contributed by atoms with van der Waals surface area (Å²) < 4.78 is 0. The normalized spacial score (nSPS) is 34.5. The van der Waals surface area contributed by atoms with Crippen LogP contribution in [0.15, 0.2) is 0 Å². The molecule has 0 radical (unpaired) electrons. The first-order valence-electron chi connectivity index (χ1n) is 3.92. The van der Waals surface area contributed by atoms with E-state index in [1.807, 2.05) is 13.8 Å². The second-order valence-corrected chi connectivity index (χ2v) is 3.96. The quantitative estimate of drug-likeness (QED) is 0.624. The second-order valence-electron chi connectivity index (χ2n) is 3.96. The van der Waals surface area contributed by atoms with E-state index in [1.165, 1.54) is 0 Å². The van der Waals surface area contributed by atoms with Crippen LogP contribution in [0.1, 0.15) is 26.7 Å². The van der Waals surface area contributed by atoms with Crippen LogP contribution in [0.25, 0.3) is 0 Å². The van der Waals surface area contributed by atoms with Crippen molar-refractivity contribution in [1.82, 2.24) is 0 Å². The molecule has 0 bridgehead atoms. The van der Waals surface area contributed by atoms with Gasteiger partial charge in [-0.15, -0.1) is 0 Å². The Morgan fingerprint density at radius 1 is 1.73 bits per heavy atom. The van der Waals surface area contributed by atoms with E-state index < -0.39 is 5.97 Å². The third-order valence-electron chi connectivity index (χ3n) is 2.97. The maximum atomic E-state index is 10.4. The maximum absolute atomic E-state index is 10.4. The van der Waals surface area contributed by atoms with Crippen molar-refractivity contribution in [3.8, 4) is 0 Å². The van der Waals surface area contributed by atoms with Crippen molar-refractivity contribution in [2.24, 2.45) is 17.1 Å². The largest absolute Gasteiger partial charge is 0.481 e. The predicted octanol–water partition coefficient (Wildman–Crippen LogP) is 0.834. The monoisotopic (exact) mass is 157 g/mol. The van der Waals surface area contributed by atoms with Gasteiger partial charge in [-0.25, -0.2) is 0 Å². The smallest absolute Gasteiger partial charge is 0.303 e. The molecular formula is C8H15NO2. The van der Waals surface area contributed by atoms with E-state index in [2.05, 4.69) is 0 Å². The van der Waals surface area contributed by atoms with E-state index in [0.717, 1.165) is 6.42 Å². The van der Waals surface area contributed by atoms with Crippen molar-refractivity contribution in [1.29, 1.82) is 0 Å². The summed E-state index contributed by atoms with van der Waals surface area (Å²) in [7, 11) is 0. The summed E-state index contributed by atoms with van der Waals surface area (Å²) >= 11 is 0. The van der Waals surface area contributed by atoms with Gasteiger partial charge in [-0.3, -0.25) is 4.79 Å². The number of nitrogens with two attached hydrogens (primary N) is 1. The first-order chi connectivity index (χ1) is 4.94. The first-order valence-corrected chi connectivity index (χ1v) is 3.92. The fourth-order valence-corrected chi connectivity index (χ4v) is 1.61. The van der Waals surface area contributed by atoms with Crippen LogP contribution in [-0.4, -0.2) is 17.1 Å². The lowest BCUT2D eigenvalue weighted by Gasteiger charge is -2.50. The minimum Gasteiger partial charge on any atom is -0.481 e. The molecule has 0 heterocycles. The number of hydrogen-bond acceptors (Lipinski definition) is 2. The lowest BCUT2D eigenvalue weighted by molar-refractivity contribution is -0.141. The molecule has 0 spiro atoms. The fourth-order valence-electron chi connectivity index (χ4n) is 1.61. The van der Waals surface area contributed by atoms with E-state index in [4.69, 9.17) is 10.8 Å². The molecule has 0 aromatic carbocycles. The molecule has 11 heavy (non-hydrogen) atoms. The first kappa shape index (κ1) is 8.53. The van der Waals surface area contributed by atoms with Gasteiger partial charge < -0.3 is 10.8 Å². The van der Waals surface area contributed by atoms with Gasteiger partial charge in [0.05, 0.1) is 0 Å². The predicted molar refractivity (Wildman–Crippen MR) is 42.1 cm³/mol. The van der Waals surface area contributed by atoms with Gasteiger partial charge in [0.15, 0.2) is 0 Å². The molecular weight excluding hydrogens is 142 g/mol. The molecule has 1 rings (SSSR count). The van der Waals surface area contributed by atoms with Gasteiger partial charge in [0.25, 0.3) is 0 Å². The van der Waals surface area contributed by atoms with E-state index in [-0.39, 0.29) is 23.8 Å². The lowest BCUT2D eigenvalue weighted by atomic mass is 9.58. The van der Waals surface area contributed by atoms with E-state index in [1.54, 1.807) is 0 Å². The van der Waals surface area contributed by atoms with Gasteiger partial charge in [-0.1, -0.05) is 13.8 Å². The molecule has 0 aromatic rings. The highest BCUT2D eigenvalue weighted by Crippen LogP contribution is 2.46. The average molecular weight is 157 g/mol. The number of carboxylic acid groups (broad SMARTS) is 1. The van der Waals surface area contributed by atoms with Crippen LogP contribution >= 0.6 is 0 Å². The van der Waals surface area contributed by atoms with Crippen molar-refractivity contribution in [2.45, 2.75) is 32.7 Å². The Morgan fingerprint density at radius 3 is 2.55 bits per heavy atom. The summed E-state index contributed by atoms with van der Waals surface area (Å²) in [4.78, 5) is 10.4. The molecule has 1 aliphatic carbocycles. The third kappa shape index (κ3) is 1.38. The summed E-state index contributed by atoms with van der Waals surface area (Å²) in [5.41, 5.74) is 5.76. The highest BCUT2D eigenvalue weighted by molar-refractivity contribution is 5.67. The summed E-state index contributed by atoms with van der Waals surface area (Å²) in [6.45, 7) is 4.07. The Labute approximate surface area is 66.6 Å². The molecule has 3 heteroatoms. The number of carbonyl (C=O) groups is 1.